The van der Waals surface area contributed by atoms with E-state index in [1.54, 1.807) is 12.1 Å². The molecule has 1 saturated heterocycles. The third kappa shape index (κ3) is 3.47. The molecule has 29 heavy (non-hydrogen) atoms. The standard InChI is InChI=1S/C21H20N4O3S/c1-2-21(14-8-4-3-5-9-14)19(27)25(20(28)24-21)13-17(26)22-12-18-23-15-10-6-7-11-16(15)29-18/h3-11H,2,12-13H2,1H3,(H,22,26)(H,24,28). The van der Waals surface area contributed by atoms with Crippen molar-refractivity contribution in [1.29, 1.82) is 0 Å². The van der Waals surface area contributed by atoms with Gasteiger partial charge in [0.1, 0.15) is 17.1 Å². The molecule has 0 saturated carbocycles. The molecule has 1 atom stereocenters. The van der Waals surface area contributed by atoms with Crippen LogP contribution in [-0.4, -0.2) is 34.3 Å². The lowest BCUT2D eigenvalue weighted by Crippen LogP contribution is -2.44. The van der Waals surface area contributed by atoms with E-state index in [0.29, 0.717) is 12.0 Å². The predicted molar refractivity (Wildman–Crippen MR) is 110 cm³/mol. The van der Waals surface area contributed by atoms with Gasteiger partial charge in [-0.3, -0.25) is 14.5 Å². The van der Waals surface area contributed by atoms with E-state index in [4.69, 9.17) is 0 Å². The van der Waals surface area contributed by atoms with Crippen molar-refractivity contribution in [2.45, 2.75) is 25.4 Å². The summed E-state index contributed by atoms with van der Waals surface area (Å²) in [7, 11) is 0. The first kappa shape index (κ1) is 19.1. The number of para-hydroxylation sites is 1. The Labute approximate surface area is 171 Å². The number of nitrogens with one attached hydrogen (secondary N) is 2. The maximum absolute atomic E-state index is 13.0. The molecule has 1 aliphatic rings. The highest BCUT2D eigenvalue weighted by Crippen LogP contribution is 2.32. The van der Waals surface area contributed by atoms with Gasteiger partial charge in [-0.15, -0.1) is 11.3 Å². The Bertz CT molecular complexity index is 1050. The molecule has 148 valence electrons. The third-order valence-corrected chi connectivity index (χ3v) is 6.09. The molecule has 2 aromatic carbocycles. The van der Waals surface area contributed by atoms with Crippen LogP contribution in [0.4, 0.5) is 4.79 Å². The van der Waals surface area contributed by atoms with E-state index in [0.717, 1.165) is 20.1 Å². The van der Waals surface area contributed by atoms with Gasteiger partial charge in [-0.25, -0.2) is 9.78 Å². The second-order valence-corrected chi connectivity index (χ2v) is 7.91. The number of urea groups is 1. The van der Waals surface area contributed by atoms with Crippen LogP contribution in [0.15, 0.2) is 54.6 Å². The van der Waals surface area contributed by atoms with Gasteiger partial charge in [0.2, 0.25) is 5.91 Å². The second kappa shape index (κ2) is 7.63. The molecule has 0 aliphatic carbocycles. The van der Waals surface area contributed by atoms with Crippen molar-refractivity contribution in [1.82, 2.24) is 20.5 Å². The van der Waals surface area contributed by atoms with E-state index >= 15 is 0 Å². The second-order valence-electron chi connectivity index (χ2n) is 6.80. The fourth-order valence-electron chi connectivity index (χ4n) is 3.50. The van der Waals surface area contributed by atoms with Gasteiger partial charge < -0.3 is 10.6 Å². The molecule has 1 aromatic heterocycles. The molecular formula is C21H20N4O3S. The number of aromatic nitrogens is 1. The number of carbonyl (C=O) groups excluding carboxylic acids is 3. The zero-order valence-corrected chi connectivity index (χ0v) is 16.7. The number of hydrogen-bond acceptors (Lipinski definition) is 5. The summed E-state index contributed by atoms with van der Waals surface area (Å²) in [5.74, 6) is -0.820. The van der Waals surface area contributed by atoms with Crippen LogP contribution in [0.5, 0.6) is 0 Å². The number of benzene rings is 2. The molecule has 3 aromatic rings. The summed E-state index contributed by atoms with van der Waals surface area (Å²) < 4.78 is 1.04. The topological polar surface area (TPSA) is 91.4 Å². The molecule has 1 fully saturated rings. The number of fused-ring (bicyclic) bond motifs is 1. The Kier molecular flexibility index (Phi) is 5.02. The predicted octanol–water partition coefficient (Wildman–Crippen LogP) is 2.77. The molecule has 0 bridgehead atoms. The molecule has 0 radical (unpaired) electrons. The minimum atomic E-state index is -1.13. The Morgan fingerprint density at radius 2 is 1.86 bits per heavy atom. The van der Waals surface area contributed by atoms with E-state index in [2.05, 4.69) is 15.6 Å². The van der Waals surface area contributed by atoms with E-state index < -0.39 is 23.4 Å². The molecular weight excluding hydrogens is 388 g/mol. The summed E-state index contributed by atoms with van der Waals surface area (Å²) in [5, 5.41) is 6.29. The normalized spacial score (nSPS) is 18.9. The van der Waals surface area contributed by atoms with E-state index in [1.807, 2.05) is 49.4 Å². The van der Waals surface area contributed by atoms with Gasteiger partial charge in [-0.05, 0) is 24.1 Å². The molecule has 4 rings (SSSR count). The number of thiazole rings is 1. The van der Waals surface area contributed by atoms with Crippen LogP contribution in [0.3, 0.4) is 0 Å². The van der Waals surface area contributed by atoms with Crippen LogP contribution in [0.2, 0.25) is 0 Å². The minimum absolute atomic E-state index is 0.249. The number of amides is 4. The average molecular weight is 408 g/mol. The summed E-state index contributed by atoms with van der Waals surface area (Å²) in [6.07, 6.45) is 0.394. The van der Waals surface area contributed by atoms with Crippen molar-refractivity contribution >= 4 is 39.4 Å². The van der Waals surface area contributed by atoms with Gasteiger partial charge in [0.25, 0.3) is 5.91 Å². The van der Waals surface area contributed by atoms with Gasteiger partial charge in [-0.1, -0.05) is 49.4 Å². The largest absolute Gasteiger partial charge is 0.348 e. The molecule has 4 amide bonds. The van der Waals surface area contributed by atoms with Crippen LogP contribution < -0.4 is 10.6 Å². The summed E-state index contributed by atoms with van der Waals surface area (Å²) in [6.45, 7) is 1.76. The maximum Gasteiger partial charge on any atom is 0.325 e. The number of imide groups is 1. The Morgan fingerprint density at radius 3 is 2.59 bits per heavy atom. The number of nitrogens with zero attached hydrogens (tertiary/aromatic N) is 2. The van der Waals surface area contributed by atoms with Crippen LogP contribution >= 0.6 is 11.3 Å². The van der Waals surface area contributed by atoms with E-state index in [9.17, 15) is 14.4 Å². The van der Waals surface area contributed by atoms with Gasteiger partial charge in [-0.2, -0.15) is 0 Å². The van der Waals surface area contributed by atoms with Crippen molar-refractivity contribution in [3.8, 4) is 0 Å². The van der Waals surface area contributed by atoms with Crippen molar-refractivity contribution in [2.24, 2.45) is 0 Å². The monoisotopic (exact) mass is 408 g/mol. The molecule has 8 heteroatoms. The summed E-state index contributed by atoms with van der Waals surface area (Å²) in [4.78, 5) is 43.4. The fourth-order valence-corrected chi connectivity index (χ4v) is 4.41. The number of rotatable bonds is 6. The van der Waals surface area contributed by atoms with Crippen LogP contribution in [-0.2, 0) is 21.7 Å². The lowest BCUT2D eigenvalue weighted by Gasteiger charge is -2.25. The molecule has 0 spiro atoms. The molecule has 2 N–H and O–H groups in total. The third-order valence-electron chi connectivity index (χ3n) is 5.05. The van der Waals surface area contributed by atoms with Crippen LogP contribution in [0.25, 0.3) is 10.2 Å². The van der Waals surface area contributed by atoms with Crippen LogP contribution in [0.1, 0.15) is 23.9 Å². The van der Waals surface area contributed by atoms with Gasteiger partial charge in [0.05, 0.1) is 16.8 Å². The van der Waals surface area contributed by atoms with Crippen LogP contribution in [0, 0.1) is 0 Å². The first-order valence-electron chi connectivity index (χ1n) is 9.34. The lowest BCUT2D eigenvalue weighted by atomic mass is 9.87. The van der Waals surface area contributed by atoms with Crippen molar-refractivity contribution in [3.05, 3.63) is 65.2 Å². The molecule has 1 unspecified atom stereocenters. The summed E-state index contributed by atoms with van der Waals surface area (Å²) >= 11 is 1.50. The highest BCUT2D eigenvalue weighted by atomic mass is 32.1. The van der Waals surface area contributed by atoms with Gasteiger partial charge in [0, 0.05) is 0 Å². The average Bonchev–Trinajstić information content (AvgIpc) is 3.27. The lowest BCUT2D eigenvalue weighted by molar-refractivity contribution is -0.135. The van der Waals surface area contributed by atoms with E-state index in [-0.39, 0.29) is 13.1 Å². The van der Waals surface area contributed by atoms with Gasteiger partial charge >= 0.3 is 6.03 Å². The van der Waals surface area contributed by atoms with Gasteiger partial charge in [0.15, 0.2) is 0 Å². The SMILES string of the molecule is CCC1(c2ccccc2)NC(=O)N(CC(=O)NCc2nc3ccccc3s2)C1=O. The molecule has 7 nitrogen and oxygen atoms in total. The quantitative estimate of drug-likeness (QED) is 0.614. The highest BCUT2D eigenvalue weighted by Gasteiger charge is 2.51. The Balaban J connectivity index is 1.44. The molecule has 1 aliphatic heterocycles. The van der Waals surface area contributed by atoms with E-state index in [1.165, 1.54) is 11.3 Å². The summed E-state index contributed by atoms with van der Waals surface area (Å²) in [6, 6.07) is 16.3. The smallest absolute Gasteiger partial charge is 0.325 e. The Morgan fingerprint density at radius 1 is 1.14 bits per heavy atom. The Hall–Kier alpha value is -3.26. The number of carbonyl (C=O) groups is 3. The fraction of sp³-hybridized carbons (Fsp3) is 0.238. The minimum Gasteiger partial charge on any atom is -0.348 e. The van der Waals surface area contributed by atoms with Crippen molar-refractivity contribution < 1.29 is 14.4 Å². The first-order valence-corrected chi connectivity index (χ1v) is 10.2. The zero-order chi connectivity index (χ0) is 20.4. The highest BCUT2D eigenvalue weighted by molar-refractivity contribution is 7.18. The first-order chi connectivity index (χ1) is 14.0. The maximum atomic E-state index is 13.0. The summed E-state index contributed by atoms with van der Waals surface area (Å²) in [5.41, 5.74) is 0.454. The van der Waals surface area contributed by atoms with Crippen molar-refractivity contribution in [3.63, 3.8) is 0 Å². The zero-order valence-electron chi connectivity index (χ0n) is 15.8. The van der Waals surface area contributed by atoms with Crippen molar-refractivity contribution in [2.75, 3.05) is 6.54 Å². The molecule has 2 heterocycles. The number of hydrogen-bond donors (Lipinski definition) is 2.